The first-order valence-corrected chi connectivity index (χ1v) is 7.83. The first kappa shape index (κ1) is 15.6. The zero-order valence-electron chi connectivity index (χ0n) is 12.8. The van der Waals surface area contributed by atoms with Gasteiger partial charge in [-0.15, -0.1) is 0 Å². The van der Waals surface area contributed by atoms with Crippen LogP contribution in [0.3, 0.4) is 0 Å². The molecule has 0 atom stereocenters. The highest BCUT2D eigenvalue weighted by molar-refractivity contribution is 9.10. The summed E-state index contributed by atoms with van der Waals surface area (Å²) in [5.41, 5.74) is 1.70. The van der Waals surface area contributed by atoms with Gasteiger partial charge in [0.15, 0.2) is 0 Å². The van der Waals surface area contributed by atoms with E-state index in [0.717, 1.165) is 21.2 Å². The number of methoxy groups -OCH3 is 2. The van der Waals surface area contributed by atoms with Crippen molar-refractivity contribution in [2.45, 2.75) is 6.42 Å². The lowest BCUT2D eigenvalue weighted by Gasteiger charge is -2.08. The van der Waals surface area contributed by atoms with Gasteiger partial charge in [0.05, 0.1) is 19.6 Å². The Morgan fingerprint density at radius 3 is 2.65 bits per heavy atom. The molecule has 0 spiro atoms. The number of ether oxygens (including phenoxy) is 2. The molecule has 5 heteroatoms. The Balaban J connectivity index is 2.08. The molecule has 0 aliphatic rings. The van der Waals surface area contributed by atoms with E-state index >= 15 is 0 Å². The van der Waals surface area contributed by atoms with Crippen molar-refractivity contribution in [1.82, 2.24) is 0 Å². The predicted octanol–water partition coefficient (Wildman–Crippen LogP) is 4.16. The van der Waals surface area contributed by atoms with Crippen molar-refractivity contribution in [1.29, 1.82) is 0 Å². The average Bonchev–Trinajstić information content (AvgIpc) is 2.55. The molecule has 0 radical (unpaired) electrons. The van der Waals surface area contributed by atoms with E-state index in [-0.39, 0.29) is 5.63 Å². The van der Waals surface area contributed by atoms with Gasteiger partial charge in [0, 0.05) is 16.5 Å². The maximum absolute atomic E-state index is 12.2. The molecule has 118 valence electrons. The van der Waals surface area contributed by atoms with Crippen LogP contribution in [0.25, 0.3) is 11.0 Å². The van der Waals surface area contributed by atoms with Crippen molar-refractivity contribution in [3.05, 3.63) is 68.5 Å². The zero-order valence-corrected chi connectivity index (χ0v) is 14.3. The Morgan fingerprint density at radius 1 is 1.09 bits per heavy atom. The van der Waals surface area contributed by atoms with Crippen molar-refractivity contribution >= 4 is 26.9 Å². The molecule has 0 saturated carbocycles. The van der Waals surface area contributed by atoms with E-state index in [0.29, 0.717) is 23.3 Å². The van der Waals surface area contributed by atoms with E-state index in [2.05, 4.69) is 15.9 Å². The number of hydrogen-bond donors (Lipinski definition) is 0. The van der Waals surface area contributed by atoms with Gasteiger partial charge in [0.25, 0.3) is 0 Å². The lowest BCUT2D eigenvalue weighted by Crippen LogP contribution is -2.08. The molecule has 4 nitrogen and oxygen atoms in total. The third-order valence-electron chi connectivity index (χ3n) is 3.60. The highest BCUT2D eigenvalue weighted by atomic mass is 79.9. The highest BCUT2D eigenvalue weighted by Gasteiger charge is 2.11. The molecule has 0 unspecified atom stereocenters. The second kappa shape index (κ2) is 6.46. The fourth-order valence-corrected chi connectivity index (χ4v) is 2.90. The van der Waals surface area contributed by atoms with Gasteiger partial charge < -0.3 is 13.9 Å². The maximum Gasteiger partial charge on any atom is 0.339 e. The van der Waals surface area contributed by atoms with Gasteiger partial charge in [-0.1, -0.05) is 28.1 Å². The standard InChI is InChI=1S/C18H15BrO4/c1-21-14-5-3-4-11(7-14)6-12-8-15-16(22-2)9-13(19)10-17(15)23-18(12)20/h3-5,7-10H,6H2,1-2H3. The summed E-state index contributed by atoms with van der Waals surface area (Å²) in [6, 6.07) is 13.0. The van der Waals surface area contributed by atoms with Crippen LogP contribution >= 0.6 is 15.9 Å². The van der Waals surface area contributed by atoms with E-state index in [1.54, 1.807) is 20.3 Å². The van der Waals surface area contributed by atoms with Gasteiger partial charge in [-0.3, -0.25) is 0 Å². The van der Waals surface area contributed by atoms with Crippen molar-refractivity contribution in [3.63, 3.8) is 0 Å². The molecule has 0 fully saturated rings. The molecule has 0 aliphatic heterocycles. The summed E-state index contributed by atoms with van der Waals surface area (Å²) in [6.45, 7) is 0. The minimum absolute atomic E-state index is 0.347. The fourth-order valence-electron chi connectivity index (χ4n) is 2.49. The predicted molar refractivity (Wildman–Crippen MR) is 92.5 cm³/mol. The van der Waals surface area contributed by atoms with Gasteiger partial charge >= 0.3 is 5.63 Å². The lowest BCUT2D eigenvalue weighted by atomic mass is 10.0. The molecule has 1 aromatic heterocycles. The summed E-state index contributed by atoms with van der Waals surface area (Å²) >= 11 is 3.38. The SMILES string of the molecule is COc1cccc(Cc2cc3c(OC)cc(Br)cc3oc2=O)c1. The Bertz CT molecular complexity index is 915. The Kier molecular flexibility index (Phi) is 4.39. The molecule has 23 heavy (non-hydrogen) atoms. The van der Waals surface area contributed by atoms with Crippen LogP contribution in [0.4, 0.5) is 0 Å². The van der Waals surface area contributed by atoms with E-state index in [1.165, 1.54) is 0 Å². The number of halogens is 1. The van der Waals surface area contributed by atoms with Crippen molar-refractivity contribution < 1.29 is 13.9 Å². The van der Waals surface area contributed by atoms with Gasteiger partial charge in [-0.2, -0.15) is 0 Å². The van der Waals surface area contributed by atoms with Crippen molar-refractivity contribution in [2.24, 2.45) is 0 Å². The van der Waals surface area contributed by atoms with Crippen LogP contribution in [0.15, 0.2) is 56.1 Å². The van der Waals surface area contributed by atoms with E-state index in [1.807, 2.05) is 36.4 Å². The largest absolute Gasteiger partial charge is 0.497 e. The normalized spacial score (nSPS) is 10.7. The number of fused-ring (bicyclic) bond motifs is 1. The van der Waals surface area contributed by atoms with Crippen molar-refractivity contribution in [3.8, 4) is 11.5 Å². The minimum Gasteiger partial charge on any atom is -0.497 e. The highest BCUT2D eigenvalue weighted by Crippen LogP contribution is 2.30. The molecule has 3 rings (SSSR count). The van der Waals surface area contributed by atoms with Crippen LogP contribution in [0.2, 0.25) is 0 Å². The Morgan fingerprint density at radius 2 is 1.91 bits per heavy atom. The lowest BCUT2D eigenvalue weighted by molar-refractivity contribution is 0.414. The van der Waals surface area contributed by atoms with Crippen LogP contribution in [-0.4, -0.2) is 14.2 Å². The van der Waals surface area contributed by atoms with E-state index in [9.17, 15) is 4.79 Å². The van der Waals surface area contributed by atoms with Crippen molar-refractivity contribution in [2.75, 3.05) is 14.2 Å². The van der Waals surface area contributed by atoms with E-state index < -0.39 is 0 Å². The van der Waals surface area contributed by atoms with Crippen LogP contribution in [0.5, 0.6) is 11.5 Å². The molecule has 0 N–H and O–H groups in total. The van der Waals surface area contributed by atoms with Crippen LogP contribution in [0.1, 0.15) is 11.1 Å². The zero-order chi connectivity index (χ0) is 16.4. The van der Waals surface area contributed by atoms with Crippen LogP contribution in [0, 0.1) is 0 Å². The first-order chi connectivity index (χ1) is 11.1. The van der Waals surface area contributed by atoms with Gasteiger partial charge in [0.1, 0.15) is 17.1 Å². The molecule has 0 amide bonds. The molecular weight excluding hydrogens is 360 g/mol. The molecule has 0 saturated heterocycles. The molecular formula is C18H15BrO4. The smallest absolute Gasteiger partial charge is 0.339 e. The van der Waals surface area contributed by atoms with Crippen LogP contribution < -0.4 is 15.1 Å². The quantitative estimate of drug-likeness (QED) is 0.643. The monoisotopic (exact) mass is 374 g/mol. The number of benzene rings is 2. The minimum atomic E-state index is -0.347. The van der Waals surface area contributed by atoms with Gasteiger partial charge in [-0.25, -0.2) is 4.79 Å². The number of rotatable bonds is 4. The maximum atomic E-state index is 12.2. The second-order valence-electron chi connectivity index (χ2n) is 5.11. The van der Waals surface area contributed by atoms with Gasteiger partial charge in [0.2, 0.25) is 0 Å². The van der Waals surface area contributed by atoms with Crippen LogP contribution in [-0.2, 0) is 6.42 Å². The van der Waals surface area contributed by atoms with E-state index in [4.69, 9.17) is 13.9 Å². The first-order valence-electron chi connectivity index (χ1n) is 7.04. The third-order valence-corrected chi connectivity index (χ3v) is 4.06. The third kappa shape index (κ3) is 3.24. The summed E-state index contributed by atoms with van der Waals surface area (Å²) in [5.74, 6) is 1.42. The number of hydrogen-bond acceptors (Lipinski definition) is 4. The van der Waals surface area contributed by atoms with Gasteiger partial charge in [-0.05, 0) is 35.9 Å². The average molecular weight is 375 g/mol. The summed E-state index contributed by atoms with van der Waals surface area (Å²) in [5, 5.41) is 0.771. The Hall–Kier alpha value is -2.27. The molecule has 0 aliphatic carbocycles. The Labute approximate surface area is 141 Å². The topological polar surface area (TPSA) is 48.7 Å². The summed E-state index contributed by atoms with van der Waals surface area (Å²) in [6.07, 6.45) is 0.467. The second-order valence-corrected chi connectivity index (χ2v) is 6.02. The molecule has 2 aromatic carbocycles. The summed E-state index contributed by atoms with van der Waals surface area (Å²) in [4.78, 5) is 12.2. The molecule has 3 aromatic rings. The fraction of sp³-hybridized carbons (Fsp3) is 0.167. The molecule has 1 heterocycles. The molecule has 0 bridgehead atoms. The summed E-state index contributed by atoms with van der Waals surface area (Å²) < 4.78 is 16.8. The summed E-state index contributed by atoms with van der Waals surface area (Å²) in [7, 11) is 3.21.